The Morgan fingerprint density at radius 2 is 1.82 bits per heavy atom. The monoisotopic (exact) mass is 376 g/mol. The topological polar surface area (TPSA) is 54.6 Å². The van der Waals surface area contributed by atoms with Crippen molar-refractivity contribution in [2.24, 2.45) is 0 Å². The van der Waals surface area contributed by atoms with Gasteiger partial charge in [0.2, 0.25) is 6.79 Å². The zero-order chi connectivity index (χ0) is 19.3. The van der Waals surface area contributed by atoms with Gasteiger partial charge in [0.05, 0.1) is 0 Å². The van der Waals surface area contributed by atoms with Crippen molar-refractivity contribution in [3.63, 3.8) is 0 Å². The van der Waals surface area contributed by atoms with E-state index < -0.39 is 0 Å². The SMILES string of the molecule is Cc1ccc2[nH]c(C3CCN(C(=O)c4ccc5c(c4)OCO5)CC3)c(C)c2c1. The Kier molecular flexibility index (Phi) is 4.04. The van der Waals surface area contributed by atoms with Gasteiger partial charge < -0.3 is 19.4 Å². The summed E-state index contributed by atoms with van der Waals surface area (Å²) in [7, 11) is 0. The predicted octanol–water partition coefficient (Wildman–Crippen LogP) is 4.53. The number of nitrogens with one attached hydrogen (secondary N) is 1. The number of piperidine rings is 1. The second kappa shape index (κ2) is 6.59. The molecule has 0 saturated carbocycles. The van der Waals surface area contributed by atoms with Gasteiger partial charge in [-0.05, 0) is 62.6 Å². The third kappa shape index (κ3) is 2.82. The van der Waals surface area contributed by atoms with Crippen LogP contribution in [-0.4, -0.2) is 35.7 Å². The van der Waals surface area contributed by atoms with Crippen molar-refractivity contribution in [3.8, 4) is 11.5 Å². The van der Waals surface area contributed by atoms with Crippen LogP contribution in [-0.2, 0) is 0 Å². The maximum absolute atomic E-state index is 12.9. The highest BCUT2D eigenvalue weighted by Crippen LogP contribution is 2.35. The van der Waals surface area contributed by atoms with Gasteiger partial charge in [-0.2, -0.15) is 0 Å². The highest BCUT2D eigenvalue weighted by molar-refractivity contribution is 5.95. The minimum absolute atomic E-state index is 0.0701. The lowest BCUT2D eigenvalue weighted by atomic mass is 9.91. The smallest absolute Gasteiger partial charge is 0.253 e. The number of ether oxygens (including phenoxy) is 2. The number of H-pyrrole nitrogens is 1. The molecule has 1 amide bonds. The van der Waals surface area contributed by atoms with E-state index in [4.69, 9.17) is 9.47 Å². The predicted molar refractivity (Wildman–Crippen MR) is 108 cm³/mol. The van der Waals surface area contributed by atoms with Gasteiger partial charge in [0.25, 0.3) is 5.91 Å². The first-order chi connectivity index (χ1) is 13.6. The van der Waals surface area contributed by atoms with Crippen LogP contribution < -0.4 is 9.47 Å². The third-order valence-corrected chi connectivity index (χ3v) is 6.06. The van der Waals surface area contributed by atoms with Gasteiger partial charge in [-0.25, -0.2) is 0 Å². The molecule has 144 valence electrons. The lowest BCUT2D eigenvalue weighted by Gasteiger charge is -2.32. The molecule has 0 radical (unpaired) electrons. The zero-order valence-electron chi connectivity index (χ0n) is 16.2. The maximum Gasteiger partial charge on any atom is 0.253 e. The van der Waals surface area contributed by atoms with Crippen molar-refractivity contribution < 1.29 is 14.3 Å². The fourth-order valence-corrected chi connectivity index (χ4v) is 4.45. The molecule has 1 fully saturated rings. The summed E-state index contributed by atoms with van der Waals surface area (Å²) in [5.74, 6) is 1.90. The van der Waals surface area contributed by atoms with Crippen LogP contribution in [0.4, 0.5) is 0 Å². The number of carbonyl (C=O) groups excluding carboxylic acids is 1. The van der Waals surface area contributed by atoms with E-state index in [1.807, 2.05) is 17.0 Å². The van der Waals surface area contributed by atoms with Crippen LogP contribution in [0.2, 0.25) is 0 Å². The molecule has 28 heavy (non-hydrogen) atoms. The van der Waals surface area contributed by atoms with E-state index in [9.17, 15) is 4.79 Å². The largest absolute Gasteiger partial charge is 0.454 e. The molecule has 3 aromatic rings. The Morgan fingerprint density at radius 1 is 1.04 bits per heavy atom. The molecule has 3 heterocycles. The van der Waals surface area contributed by atoms with Crippen molar-refractivity contribution in [2.75, 3.05) is 19.9 Å². The number of benzene rings is 2. The van der Waals surface area contributed by atoms with Gasteiger partial charge in [-0.1, -0.05) is 11.6 Å². The number of amides is 1. The van der Waals surface area contributed by atoms with Crippen LogP contribution in [0.1, 0.15) is 45.9 Å². The molecule has 1 saturated heterocycles. The molecule has 0 atom stereocenters. The average molecular weight is 376 g/mol. The average Bonchev–Trinajstić information content (AvgIpc) is 3.32. The number of hydrogen-bond donors (Lipinski definition) is 1. The highest BCUT2D eigenvalue weighted by Gasteiger charge is 2.27. The number of aromatic amines is 1. The molecule has 0 aliphatic carbocycles. The van der Waals surface area contributed by atoms with Crippen LogP contribution in [0.5, 0.6) is 11.5 Å². The summed E-state index contributed by atoms with van der Waals surface area (Å²) in [6, 6.07) is 12.0. The first kappa shape index (κ1) is 17.2. The highest BCUT2D eigenvalue weighted by atomic mass is 16.7. The number of fused-ring (bicyclic) bond motifs is 2. The van der Waals surface area contributed by atoms with Crippen molar-refractivity contribution in [1.29, 1.82) is 0 Å². The summed E-state index contributed by atoms with van der Waals surface area (Å²) in [6.45, 7) is 6.10. The first-order valence-corrected chi connectivity index (χ1v) is 9.88. The molecule has 0 bridgehead atoms. The van der Waals surface area contributed by atoms with Crippen LogP contribution >= 0.6 is 0 Å². The van der Waals surface area contributed by atoms with Gasteiger partial charge in [0.1, 0.15) is 0 Å². The van der Waals surface area contributed by atoms with Gasteiger partial charge in [-0.3, -0.25) is 4.79 Å². The number of carbonyl (C=O) groups is 1. The molecule has 5 heteroatoms. The van der Waals surface area contributed by atoms with Crippen molar-refractivity contribution >= 4 is 16.8 Å². The standard InChI is InChI=1S/C23H24N2O3/c1-14-3-5-19-18(11-14)15(2)22(24-19)16-7-9-25(10-8-16)23(26)17-4-6-20-21(12-17)28-13-27-20/h3-6,11-12,16,24H,7-10,13H2,1-2H3. The van der Waals surface area contributed by atoms with E-state index in [0.717, 1.165) is 25.9 Å². The third-order valence-electron chi connectivity index (χ3n) is 6.06. The van der Waals surface area contributed by atoms with E-state index >= 15 is 0 Å². The molecule has 5 rings (SSSR count). The van der Waals surface area contributed by atoms with Crippen molar-refractivity contribution in [3.05, 3.63) is 58.8 Å². The molecule has 0 unspecified atom stereocenters. The summed E-state index contributed by atoms with van der Waals surface area (Å²) < 4.78 is 10.7. The second-order valence-corrected chi connectivity index (χ2v) is 7.85. The van der Waals surface area contributed by atoms with Gasteiger partial charge in [0, 0.05) is 41.2 Å². The summed E-state index contributed by atoms with van der Waals surface area (Å²) >= 11 is 0. The minimum Gasteiger partial charge on any atom is -0.454 e. The number of aromatic nitrogens is 1. The maximum atomic E-state index is 12.9. The fraction of sp³-hybridized carbons (Fsp3) is 0.348. The second-order valence-electron chi connectivity index (χ2n) is 7.85. The molecule has 2 aliphatic rings. The quantitative estimate of drug-likeness (QED) is 0.715. The number of hydrogen-bond acceptors (Lipinski definition) is 3. The summed E-state index contributed by atoms with van der Waals surface area (Å²) in [4.78, 5) is 18.5. The van der Waals surface area contributed by atoms with Crippen LogP contribution in [0.15, 0.2) is 36.4 Å². The molecule has 1 N–H and O–H groups in total. The van der Waals surface area contributed by atoms with E-state index in [1.54, 1.807) is 6.07 Å². The van der Waals surface area contributed by atoms with E-state index in [-0.39, 0.29) is 12.7 Å². The zero-order valence-corrected chi connectivity index (χ0v) is 16.2. The number of aryl methyl sites for hydroxylation is 2. The molecule has 5 nitrogen and oxygen atoms in total. The Hall–Kier alpha value is -2.95. The molecular weight excluding hydrogens is 352 g/mol. The normalized spacial score (nSPS) is 16.7. The van der Waals surface area contributed by atoms with Gasteiger partial charge >= 0.3 is 0 Å². The number of likely N-dealkylation sites (tertiary alicyclic amines) is 1. The van der Waals surface area contributed by atoms with Crippen molar-refractivity contribution in [2.45, 2.75) is 32.6 Å². The summed E-state index contributed by atoms with van der Waals surface area (Å²) in [5.41, 5.74) is 5.83. The molecule has 1 aromatic heterocycles. The summed E-state index contributed by atoms with van der Waals surface area (Å²) in [6.07, 6.45) is 1.95. The van der Waals surface area contributed by atoms with E-state index in [0.29, 0.717) is 23.0 Å². The first-order valence-electron chi connectivity index (χ1n) is 9.88. The lowest BCUT2D eigenvalue weighted by Crippen LogP contribution is -2.38. The molecule has 2 aromatic carbocycles. The van der Waals surface area contributed by atoms with Crippen LogP contribution in [0.25, 0.3) is 10.9 Å². The molecular formula is C23H24N2O3. The number of rotatable bonds is 2. The Balaban J connectivity index is 1.31. The summed E-state index contributed by atoms with van der Waals surface area (Å²) in [5, 5.41) is 1.31. The minimum atomic E-state index is 0.0701. The van der Waals surface area contributed by atoms with E-state index in [1.165, 1.54) is 27.7 Å². The fourth-order valence-electron chi connectivity index (χ4n) is 4.45. The van der Waals surface area contributed by atoms with Gasteiger partial charge in [0.15, 0.2) is 11.5 Å². The Bertz CT molecular complexity index is 1060. The van der Waals surface area contributed by atoms with Gasteiger partial charge in [-0.15, -0.1) is 0 Å². The number of nitrogens with zero attached hydrogens (tertiary/aromatic N) is 1. The lowest BCUT2D eigenvalue weighted by molar-refractivity contribution is 0.0711. The van der Waals surface area contributed by atoms with Crippen molar-refractivity contribution in [1.82, 2.24) is 9.88 Å². The molecule has 2 aliphatic heterocycles. The molecule has 0 spiro atoms. The van der Waals surface area contributed by atoms with Crippen LogP contribution in [0, 0.1) is 13.8 Å². The Labute approximate surface area is 164 Å². The van der Waals surface area contributed by atoms with Crippen LogP contribution in [0.3, 0.4) is 0 Å². The van der Waals surface area contributed by atoms with E-state index in [2.05, 4.69) is 37.0 Å². The Morgan fingerprint density at radius 3 is 2.64 bits per heavy atom.